The molecule has 2 N–H and O–H groups in total. The van der Waals surface area contributed by atoms with Gasteiger partial charge in [0.2, 0.25) is 0 Å². The molecule has 0 spiro atoms. The SMILES string of the molecule is CCNC(=NCc1ccccc1CN1CCCCCC1)NC1CCN(C(=O)OC)CC1. The molecule has 1 aromatic carbocycles. The summed E-state index contributed by atoms with van der Waals surface area (Å²) in [5, 5.41) is 6.94. The van der Waals surface area contributed by atoms with Gasteiger partial charge in [0.05, 0.1) is 13.7 Å². The summed E-state index contributed by atoms with van der Waals surface area (Å²) in [6.07, 6.45) is 6.89. The molecule has 2 aliphatic heterocycles. The van der Waals surface area contributed by atoms with Crippen LogP contribution >= 0.6 is 0 Å². The molecule has 7 heteroatoms. The smallest absolute Gasteiger partial charge is 0.409 e. The molecule has 3 rings (SSSR count). The van der Waals surface area contributed by atoms with E-state index in [1.165, 1.54) is 57.0 Å². The summed E-state index contributed by atoms with van der Waals surface area (Å²) in [5.41, 5.74) is 2.68. The number of aliphatic imine (C=N–C) groups is 1. The minimum Gasteiger partial charge on any atom is -0.453 e. The number of piperidine rings is 1. The highest BCUT2D eigenvalue weighted by molar-refractivity contribution is 5.80. The molecule has 2 aliphatic rings. The largest absolute Gasteiger partial charge is 0.453 e. The third kappa shape index (κ3) is 7.42. The zero-order valence-corrected chi connectivity index (χ0v) is 19.2. The van der Waals surface area contributed by atoms with Crippen LogP contribution in [-0.2, 0) is 17.8 Å². The van der Waals surface area contributed by atoms with Gasteiger partial charge in [-0.2, -0.15) is 0 Å². The van der Waals surface area contributed by atoms with Crippen molar-refractivity contribution in [1.82, 2.24) is 20.4 Å². The maximum atomic E-state index is 11.7. The average Bonchev–Trinajstić information content (AvgIpc) is 3.07. The van der Waals surface area contributed by atoms with Crippen molar-refractivity contribution in [3.05, 3.63) is 35.4 Å². The minimum absolute atomic E-state index is 0.236. The second-order valence-corrected chi connectivity index (χ2v) is 8.53. The van der Waals surface area contributed by atoms with E-state index in [9.17, 15) is 4.79 Å². The van der Waals surface area contributed by atoms with Crippen molar-refractivity contribution in [3.8, 4) is 0 Å². The molecule has 1 aromatic rings. The lowest BCUT2D eigenvalue weighted by Crippen LogP contribution is -2.49. The van der Waals surface area contributed by atoms with Gasteiger partial charge in [-0.3, -0.25) is 4.90 Å². The van der Waals surface area contributed by atoms with E-state index in [0.29, 0.717) is 25.7 Å². The zero-order chi connectivity index (χ0) is 21.9. The zero-order valence-electron chi connectivity index (χ0n) is 19.2. The monoisotopic (exact) mass is 429 g/mol. The summed E-state index contributed by atoms with van der Waals surface area (Å²) in [7, 11) is 1.44. The first-order valence-corrected chi connectivity index (χ1v) is 11.9. The van der Waals surface area contributed by atoms with Crippen LogP contribution in [0.25, 0.3) is 0 Å². The molecule has 31 heavy (non-hydrogen) atoms. The van der Waals surface area contributed by atoms with E-state index in [4.69, 9.17) is 9.73 Å². The molecule has 172 valence electrons. The quantitative estimate of drug-likeness (QED) is 0.536. The number of methoxy groups -OCH3 is 1. The number of hydrogen-bond donors (Lipinski definition) is 2. The molecule has 2 heterocycles. The van der Waals surface area contributed by atoms with Gasteiger partial charge in [-0.1, -0.05) is 37.1 Å². The summed E-state index contributed by atoms with van der Waals surface area (Å²) >= 11 is 0. The molecule has 7 nitrogen and oxygen atoms in total. The van der Waals surface area contributed by atoms with Crippen molar-refractivity contribution in [2.45, 2.75) is 64.6 Å². The Balaban J connectivity index is 1.58. The standard InChI is InChI=1S/C24H39N5O2/c1-3-25-23(27-22-12-16-29(17-13-22)24(30)31-2)26-18-20-10-6-7-11-21(20)19-28-14-8-4-5-9-15-28/h6-7,10-11,22H,3-5,8-9,12-19H2,1-2H3,(H2,25,26,27). The molecule has 2 saturated heterocycles. The normalized spacial score (nSPS) is 19.0. The lowest BCUT2D eigenvalue weighted by atomic mass is 10.1. The van der Waals surface area contributed by atoms with E-state index in [1.807, 2.05) is 0 Å². The van der Waals surface area contributed by atoms with Gasteiger partial charge >= 0.3 is 6.09 Å². The Bertz CT molecular complexity index is 708. The summed E-state index contributed by atoms with van der Waals surface area (Å²) in [6, 6.07) is 9.01. The second kappa shape index (κ2) is 12.5. The highest BCUT2D eigenvalue weighted by Gasteiger charge is 2.23. The van der Waals surface area contributed by atoms with Crippen LogP contribution < -0.4 is 10.6 Å². The Morgan fingerprint density at radius 2 is 1.74 bits per heavy atom. The topological polar surface area (TPSA) is 69.2 Å². The third-order valence-corrected chi connectivity index (χ3v) is 6.23. The predicted molar refractivity (Wildman–Crippen MR) is 125 cm³/mol. The predicted octanol–water partition coefficient (Wildman–Crippen LogP) is 3.35. The number of carbonyl (C=O) groups excluding carboxylic acids is 1. The first-order valence-electron chi connectivity index (χ1n) is 11.9. The van der Waals surface area contributed by atoms with Crippen LogP contribution in [-0.4, -0.2) is 67.7 Å². The Labute approximate surface area is 187 Å². The number of nitrogens with zero attached hydrogens (tertiary/aromatic N) is 3. The van der Waals surface area contributed by atoms with E-state index in [1.54, 1.807) is 4.90 Å². The van der Waals surface area contributed by atoms with Gasteiger partial charge in [0.1, 0.15) is 0 Å². The molecule has 0 aromatic heterocycles. The summed E-state index contributed by atoms with van der Waals surface area (Å²) in [4.78, 5) is 20.9. The molecule has 0 radical (unpaired) electrons. The number of rotatable bonds is 6. The van der Waals surface area contributed by atoms with Gasteiger partial charge in [0.15, 0.2) is 5.96 Å². The van der Waals surface area contributed by atoms with Crippen LogP contribution in [0.3, 0.4) is 0 Å². The molecule has 0 bridgehead atoms. The number of likely N-dealkylation sites (tertiary alicyclic amines) is 2. The van der Waals surface area contributed by atoms with Crippen LogP contribution in [0.5, 0.6) is 0 Å². The molecule has 1 amide bonds. The highest BCUT2D eigenvalue weighted by atomic mass is 16.5. The molecular formula is C24H39N5O2. The highest BCUT2D eigenvalue weighted by Crippen LogP contribution is 2.17. The number of hydrogen-bond acceptors (Lipinski definition) is 4. The first-order chi connectivity index (χ1) is 15.2. The summed E-state index contributed by atoms with van der Waals surface area (Å²) in [6.45, 7) is 8.41. The average molecular weight is 430 g/mol. The fourth-order valence-electron chi connectivity index (χ4n) is 4.41. The molecule has 0 atom stereocenters. The third-order valence-electron chi connectivity index (χ3n) is 6.23. The first kappa shape index (κ1) is 23.4. The fourth-order valence-corrected chi connectivity index (χ4v) is 4.41. The molecule has 2 fully saturated rings. The van der Waals surface area contributed by atoms with Crippen molar-refractivity contribution in [3.63, 3.8) is 0 Å². The van der Waals surface area contributed by atoms with Crippen molar-refractivity contribution < 1.29 is 9.53 Å². The van der Waals surface area contributed by atoms with Crippen LogP contribution in [0, 0.1) is 0 Å². The Hall–Kier alpha value is -2.28. The number of amides is 1. The van der Waals surface area contributed by atoms with Crippen molar-refractivity contribution >= 4 is 12.1 Å². The Morgan fingerprint density at radius 1 is 1.06 bits per heavy atom. The lowest BCUT2D eigenvalue weighted by molar-refractivity contribution is 0.111. The van der Waals surface area contributed by atoms with Gasteiger partial charge in [0, 0.05) is 32.2 Å². The Morgan fingerprint density at radius 3 is 2.39 bits per heavy atom. The van der Waals surface area contributed by atoms with Crippen molar-refractivity contribution in [2.75, 3.05) is 39.8 Å². The number of carbonyl (C=O) groups is 1. The summed E-state index contributed by atoms with van der Waals surface area (Å²) < 4.78 is 4.83. The van der Waals surface area contributed by atoms with E-state index >= 15 is 0 Å². The maximum Gasteiger partial charge on any atom is 0.409 e. The van der Waals surface area contributed by atoms with Gasteiger partial charge in [-0.15, -0.1) is 0 Å². The van der Waals surface area contributed by atoms with Gasteiger partial charge in [-0.05, 0) is 56.8 Å². The number of benzene rings is 1. The number of guanidine groups is 1. The van der Waals surface area contributed by atoms with Crippen molar-refractivity contribution in [1.29, 1.82) is 0 Å². The van der Waals surface area contributed by atoms with E-state index < -0.39 is 0 Å². The lowest BCUT2D eigenvalue weighted by Gasteiger charge is -2.32. The second-order valence-electron chi connectivity index (χ2n) is 8.53. The molecule has 0 saturated carbocycles. The van der Waals surface area contributed by atoms with Crippen molar-refractivity contribution in [2.24, 2.45) is 4.99 Å². The minimum atomic E-state index is -0.236. The van der Waals surface area contributed by atoms with Crippen LogP contribution in [0.1, 0.15) is 56.6 Å². The van der Waals surface area contributed by atoms with Gasteiger partial charge in [0.25, 0.3) is 0 Å². The van der Waals surface area contributed by atoms with Crippen LogP contribution in [0.4, 0.5) is 4.79 Å². The fraction of sp³-hybridized carbons (Fsp3) is 0.667. The number of ether oxygens (including phenoxy) is 1. The molecular weight excluding hydrogens is 390 g/mol. The maximum absolute atomic E-state index is 11.7. The molecule has 0 unspecified atom stereocenters. The van der Waals surface area contributed by atoms with E-state index in [-0.39, 0.29) is 6.09 Å². The number of nitrogens with one attached hydrogen (secondary N) is 2. The Kier molecular flexibility index (Phi) is 9.46. The summed E-state index contributed by atoms with van der Waals surface area (Å²) in [5.74, 6) is 0.851. The van der Waals surface area contributed by atoms with E-state index in [2.05, 4.69) is 46.7 Å². The van der Waals surface area contributed by atoms with Gasteiger partial charge < -0.3 is 20.3 Å². The van der Waals surface area contributed by atoms with Gasteiger partial charge in [-0.25, -0.2) is 9.79 Å². The van der Waals surface area contributed by atoms with Crippen LogP contribution in [0.2, 0.25) is 0 Å². The van der Waals surface area contributed by atoms with E-state index in [0.717, 1.165) is 31.9 Å². The van der Waals surface area contributed by atoms with Crippen LogP contribution in [0.15, 0.2) is 29.3 Å². The molecule has 0 aliphatic carbocycles.